The molecule has 0 amide bonds. The SMILES string of the molecule is Nc1nc(Nc2cccc([N+](=O)[O-])c2)cs1. The van der Waals surface area contributed by atoms with Gasteiger partial charge in [-0.3, -0.25) is 10.1 Å². The first-order chi connectivity index (χ1) is 7.65. The number of hydrogen-bond donors (Lipinski definition) is 2. The zero-order valence-corrected chi connectivity index (χ0v) is 8.90. The summed E-state index contributed by atoms with van der Waals surface area (Å²) in [6.07, 6.45) is 0. The molecule has 1 heterocycles. The number of nitro benzene ring substituents is 1. The van der Waals surface area contributed by atoms with Gasteiger partial charge < -0.3 is 11.1 Å². The Morgan fingerprint density at radius 1 is 1.50 bits per heavy atom. The lowest BCUT2D eigenvalue weighted by Crippen LogP contribution is -1.93. The quantitative estimate of drug-likeness (QED) is 0.630. The molecule has 0 aliphatic carbocycles. The maximum absolute atomic E-state index is 10.6. The average Bonchev–Trinajstić information content (AvgIpc) is 2.64. The number of nitrogen functional groups attached to an aromatic ring is 1. The second-order valence-corrected chi connectivity index (χ2v) is 3.89. The second kappa shape index (κ2) is 4.15. The van der Waals surface area contributed by atoms with E-state index in [1.165, 1.54) is 23.5 Å². The van der Waals surface area contributed by atoms with Crippen LogP contribution in [0.25, 0.3) is 0 Å². The third-order valence-corrected chi connectivity index (χ3v) is 2.53. The molecule has 1 aromatic heterocycles. The number of hydrogen-bond acceptors (Lipinski definition) is 6. The summed E-state index contributed by atoms with van der Waals surface area (Å²) in [6, 6.07) is 6.20. The van der Waals surface area contributed by atoms with Gasteiger partial charge in [0, 0.05) is 23.2 Å². The Labute approximate surface area is 94.9 Å². The van der Waals surface area contributed by atoms with Gasteiger partial charge in [-0.2, -0.15) is 0 Å². The van der Waals surface area contributed by atoms with Crippen molar-refractivity contribution >= 4 is 33.7 Å². The van der Waals surface area contributed by atoms with Crippen LogP contribution >= 0.6 is 11.3 Å². The molecule has 82 valence electrons. The molecule has 0 aliphatic heterocycles. The van der Waals surface area contributed by atoms with E-state index in [4.69, 9.17) is 5.73 Å². The molecule has 0 fully saturated rings. The minimum absolute atomic E-state index is 0.0354. The fraction of sp³-hybridized carbons (Fsp3) is 0. The smallest absolute Gasteiger partial charge is 0.271 e. The zero-order chi connectivity index (χ0) is 11.5. The Hall–Kier alpha value is -2.15. The number of nitrogens with one attached hydrogen (secondary N) is 1. The number of anilines is 3. The number of benzene rings is 1. The van der Waals surface area contributed by atoms with Gasteiger partial charge in [-0.05, 0) is 6.07 Å². The molecule has 6 nitrogen and oxygen atoms in total. The first-order valence-electron chi connectivity index (χ1n) is 4.37. The minimum atomic E-state index is -0.444. The van der Waals surface area contributed by atoms with Gasteiger partial charge in [0.2, 0.25) is 0 Å². The number of aromatic nitrogens is 1. The minimum Gasteiger partial charge on any atom is -0.375 e. The van der Waals surface area contributed by atoms with E-state index in [0.29, 0.717) is 16.6 Å². The van der Waals surface area contributed by atoms with E-state index in [0.717, 1.165) is 0 Å². The highest BCUT2D eigenvalue weighted by atomic mass is 32.1. The number of thiazole rings is 1. The predicted octanol–water partition coefficient (Wildman–Crippen LogP) is 2.38. The fourth-order valence-electron chi connectivity index (χ4n) is 1.19. The summed E-state index contributed by atoms with van der Waals surface area (Å²) in [5.41, 5.74) is 6.12. The summed E-state index contributed by atoms with van der Waals surface area (Å²) >= 11 is 1.30. The number of non-ortho nitro benzene ring substituents is 1. The van der Waals surface area contributed by atoms with Gasteiger partial charge in [0.05, 0.1) is 4.92 Å². The summed E-state index contributed by atoms with van der Waals surface area (Å²) in [5.74, 6) is 0.586. The van der Waals surface area contributed by atoms with Crippen molar-refractivity contribution in [1.82, 2.24) is 4.98 Å². The van der Waals surface area contributed by atoms with Crippen LogP contribution in [0.2, 0.25) is 0 Å². The molecule has 1 aromatic carbocycles. The van der Waals surface area contributed by atoms with E-state index < -0.39 is 4.92 Å². The Morgan fingerprint density at radius 3 is 2.94 bits per heavy atom. The summed E-state index contributed by atoms with van der Waals surface area (Å²) < 4.78 is 0. The van der Waals surface area contributed by atoms with Crippen molar-refractivity contribution in [3.05, 3.63) is 39.8 Å². The van der Waals surface area contributed by atoms with Crippen molar-refractivity contribution in [2.45, 2.75) is 0 Å². The van der Waals surface area contributed by atoms with E-state index in [9.17, 15) is 10.1 Å². The van der Waals surface area contributed by atoms with Gasteiger partial charge >= 0.3 is 0 Å². The zero-order valence-electron chi connectivity index (χ0n) is 8.08. The molecule has 7 heteroatoms. The van der Waals surface area contributed by atoms with E-state index in [-0.39, 0.29) is 5.69 Å². The van der Waals surface area contributed by atoms with Crippen molar-refractivity contribution < 1.29 is 4.92 Å². The van der Waals surface area contributed by atoms with Crippen LogP contribution in [0.1, 0.15) is 0 Å². The lowest BCUT2D eigenvalue weighted by molar-refractivity contribution is -0.384. The van der Waals surface area contributed by atoms with Crippen LogP contribution in [0.15, 0.2) is 29.6 Å². The highest BCUT2D eigenvalue weighted by molar-refractivity contribution is 7.13. The van der Waals surface area contributed by atoms with Crippen LogP contribution in [0.3, 0.4) is 0 Å². The topological polar surface area (TPSA) is 94.1 Å². The maximum atomic E-state index is 10.6. The molecule has 16 heavy (non-hydrogen) atoms. The maximum Gasteiger partial charge on any atom is 0.271 e. The Bertz CT molecular complexity index is 526. The lowest BCUT2D eigenvalue weighted by atomic mass is 10.3. The Kier molecular flexibility index (Phi) is 2.69. The molecular weight excluding hydrogens is 228 g/mol. The standard InChI is InChI=1S/C9H8N4O2S/c10-9-12-8(5-16-9)11-6-2-1-3-7(4-6)13(14)15/h1-5,11H,(H2,10,12). The first-order valence-corrected chi connectivity index (χ1v) is 5.25. The van der Waals surface area contributed by atoms with Crippen molar-refractivity contribution in [3.8, 4) is 0 Å². The van der Waals surface area contributed by atoms with Gasteiger partial charge in [0.25, 0.3) is 5.69 Å². The first kappa shape index (κ1) is 10.4. The van der Waals surface area contributed by atoms with Gasteiger partial charge in [0.15, 0.2) is 5.13 Å². The molecule has 0 atom stereocenters. The van der Waals surface area contributed by atoms with Crippen LogP contribution in [0.5, 0.6) is 0 Å². The Morgan fingerprint density at radius 2 is 2.31 bits per heavy atom. The monoisotopic (exact) mass is 236 g/mol. The van der Waals surface area contributed by atoms with Crippen LogP contribution in [0, 0.1) is 10.1 Å². The molecular formula is C9H8N4O2S. The Balaban J connectivity index is 2.21. The second-order valence-electron chi connectivity index (χ2n) is 3.00. The van der Waals surface area contributed by atoms with Crippen molar-refractivity contribution in [2.75, 3.05) is 11.1 Å². The van der Waals surface area contributed by atoms with Crippen LogP contribution in [0.4, 0.5) is 22.3 Å². The lowest BCUT2D eigenvalue weighted by Gasteiger charge is -2.01. The molecule has 3 N–H and O–H groups in total. The highest BCUT2D eigenvalue weighted by Gasteiger charge is 2.06. The number of nitro groups is 1. The van der Waals surface area contributed by atoms with Crippen molar-refractivity contribution in [2.24, 2.45) is 0 Å². The molecule has 0 bridgehead atoms. The predicted molar refractivity (Wildman–Crippen MR) is 62.9 cm³/mol. The van der Waals surface area contributed by atoms with Crippen LogP contribution in [-0.4, -0.2) is 9.91 Å². The van der Waals surface area contributed by atoms with Gasteiger partial charge in [-0.1, -0.05) is 6.07 Å². The third-order valence-electron chi connectivity index (χ3n) is 1.85. The molecule has 2 aromatic rings. The van der Waals surface area contributed by atoms with E-state index in [1.807, 2.05) is 0 Å². The highest BCUT2D eigenvalue weighted by Crippen LogP contribution is 2.23. The van der Waals surface area contributed by atoms with E-state index in [2.05, 4.69) is 10.3 Å². The molecule has 0 radical (unpaired) electrons. The summed E-state index contributed by atoms with van der Waals surface area (Å²) in [4.78, 5) is 14.1. The van der Waals surface area contributed by atoms with Crippen molar-refractivity contribution in [3.63, 3.8) is 0 Å². The molecule has 0 aliphatic rings. The largest absolute Gasteiger partial charge is 0.375 e. The third kappa shape index (κ3) is 2.26. The van der Waals surface area contributed by atoms with Gasteiger partial charge in [0.1, 0.15) is 5.82 Å². The van der Waals surface area contributed by atoms with Crippen LogP contribution < -0.4 is 11.1 Å². The van der Waals surface area contributed by atoms with Crippen molar-refractivity contribution in [1.29, 1.82) is 0 Å². The molecule has 2 rings (SSSR count). The van der Waals surface area contributed by atoms with E-state index in [1.54, 1.807) is 17.5 Å². The van der Waals surface area contributed by atoms with E-state index >= 15 is 0 Å². The molecule has 0 unspecified atom stereocenters. The average molecular weight is 236 g/mol. The summed E-state index contributed by atoms with van der Waals surface area (Å²) in [5, 5.41) is 15.7. The fourth-order valence-corrected chi connectivity index (χ4v) is 1.69. The summed E-state index contributed by atoms with van der Waals surface area (Å²) in [6.45, 7) is 0. The normalized spacial score (nSPS) is 10.0. The molecule has 0 spiro atoms. The van der Waals surface area contributed by atoms with Crippen LogP contribution in [-0.2, 0) is 0 Å². The van der Waals surface area contributed by atoms with Gasteiger partial charge in [-0.15, -0.1) is 11.3 Å². The number of rotatable bonds is 3. The summed E-state index contributed by atoms with van der Waals surface area (Å²) in [7, 11) is 0. The molecule has 0 saturated heterocycles. The molecule has 0 saturated carbocycles. The van der Waals surface area contributed by atoms with Gasteiger partial charge in [-0.25, -0.2) is 4.98 Å². The number of nitrogens with two attached hydrogens (primary N) is 1. The number of nitrogens with zero attached hydrogens (tertiary/aromatic N) is 2.